The van der Waals surface area contributed by atoms with Gasteiger partial charge in [0, 0.05) is 31.7 Å². The van der Waals surface area contributed by atoms with Gasteiger partial charge in [-0.2, -0.15) is 0 Å². The molecule has 3 rings (SSSR count). The molecule has 1 aromatic rings. The van der Waals surface area contributed by atoms with E-state index < -0.39 is 17.4 Å². The van der Waals surface area contributed by atoms with Crippen LogP contribution < -0.4 is 5.32 Å². The Hall–Kier alpha value is -2.41. The summed E-state index contributed by atoms with van der Waals surface area (Å²) in [5.41, 5.74) is 0.332. The Bertz CT molecular complexity index is 694. The van der Waals surface area contributed by atoms with Gasteiger partial charge in [-0.25, -0.2) is 4.79 Å². The minimum absolute atomic E-state index is 0.0210. The van der Waals surface area contributed by atoms with Crippen molar-refractivity contribution in [3.05, 3.63) is 35.4 Å². The molecule has 2 amide bonds. The normalized spacial score (nSPS) is 25.7. The van der Waals surface area contributed by atoms with Crippen LogP contribution in [0.1, 0.15) is 35.2 Å². The average Bonchev–Trinajstić information content (AvgIpc) is 3.12. The average molecular weight is 360 g/mol. The molecule has 0 saturated carbocycles. The van der Waals surface area contributed by atoms with Gasteiger partial charge in [0.05, 0.1) is 12.5 Å². The van der Waals surface area contributed by atoms with Crippen molar-refractivity contribution < 1.29 is 24.2 Å². The summed E-state index contributed by atoms with van der Waals surface area (Å²) >= 11 is 0. The summed E-state index contributed by atoms with van der Waals surface area (Å²) in [6, 6.07) is 7.35. The highest BCUT2D eigenvalue weighted by molar-refractivity contribution is 5.95. The van der Waals surface area contributed by atoms with E-state index in [0.717, 1.165) is 5.56 Å². The molecule has 2 fully saturated rings. The van der Waals surface area contributed by atoms with Crippen LogP contribution in [0.4, 0.5) is 0 Å². The predicted molar refractivity (Wildman–Crippen MR) is 93.8 cm³/mol. The Morgan fingerprint density at radius 2 is 2.00 bits per heavy atom. The van der Waals surface area contributed by atoms with Crippen LogP contribution in [0.25, 0.3) is 0 Å². The number of carboxylic acid groups (broad SMARTS) is 1. The van der Waals surface area contributed by atoms with E-state index in [9.17, 15) is 19.5 Å². The van der Waals surface area contributed by atoms with Crippen LogP contribution in [0.3, 0.4) is 0 Å². The number of carbonyl (C=O) groups excluding carboxylic acids is 2. The number of nitrogens with one attached hydrogen (secondary N) is 1. The van der Waals surface area contributed by atoms with Crippen LogP contribution in [0.2, 0.25) is 0 Å². The molecule has 0 aromatic heterocycles. The molecule has 0 bridgehead atoms. The lowest BCUT2D eigenvalue weighted by Gasteiger charge is -2.34. The Labute approximate surface area is 152 Å². The molecule has 0 aliphatic carbocycles. The fourth-order valence-corrected chi connectivity index (χ4v) is 3.48. The molecular weight excluding hydrogens is 336 g/mol. The molecule has 140 valence electrons. The Balaban J connectivity index is 1.66. The number of likely N-dealkylation sites (tertiary alicyclic amines) is 1. The van der Waals surface area contributed by atoms with Gasteiger partial charge >= 0.3 is 5.97 Å². The van der Waals surface area contributed by atoms with Crippen LogP contribution in [-0.2, 0) is 14.3 Å². The maximum absolute atomic E-state index is 12.7. The highest BCUT2D eigenvalue weighted by Crippen LogP contribution is 2.23. The number of rotatable bonds is 4. The molecule has 2 aliphatic heterocycles. The first-order valence-corrected chi connectivity index (χ1v) is 8.90. The molecule has 2 aliphatic rings. The number of carboxylic acids is 1. The van der Waals surface area contributed by atoms with Crippen molar-refractivity contribution in [1.29, 1.82) is 0 Å². The van der Waals surface area contributed by atoms with Crippen LogP contribution in [0, 0.1) is 12.8 Å². The topological polar surface area (TPSA) is 95.9 Å². The molecule has 0 radical (unpaired) electrons. The van der Waals surface area contributed by atoms with Crippen LogP contribution in [0.15, 0.2) is 24.3 Å². The third-order valence-electron chi connectivity index (χ3n) is 5.17. The zero-order valence-electron chi connectivity index (χ0n) is 14.9. The predicted octanol–water partition coefficient (Wildman–Crippen LogP) is 1.21. The lowest BCUT2D eigenvalue weighted by atomic mass is 9.93. The van der Waals surface area contributed by atoms with E-state index in [1.54, 1.807) is 17.0 Å². The third kappa shape index (κ3) is 3.72. The van der Waals surface area contributed by atoms with Gasteiger partial charge in [0.1, 0.15) is 0 Å². The molecule has 7 heteroatoms. The number of amides is 2. The number of ether oxygens (including phenoxy) is 1. The van der Waals surface area contributed by atoms with Crippen molar-refractivity contribution in [1.82, 2.24) is 10.2 Å². The fourth-order valence-electron chi connectivity index (χ4n) is 3.48. The standard InChI is InChI=1S/C19H24N2O5/c1-13-4-6-14(7-5-13)17(23)21-9-2-3-15(11-21)16(22)20-19(18(24)25)8-10-26-12-19/h4-7,15H,2-3,8-12H2,1H3,(H,20,22)(H,24,25). The number of hydrogen-bond acceptors (Lipinski definition) is 4. The Morgan fingerprint density at radius 1 is 1.27 bits per heavy atom. The van der Waals surface area contributed by atoms with Crippen LogP contribution in [-0.4, -0.2) is 59.6 Å². The van der Waals surface area contributed by atoms with Gasteiger partial charge in [-0.05, 0) is 31.9 Å². The lowest BCUT2D eigenvalue weighted by molar-refractivity contribution is -0.148. The van der Waals surface area contributed by atoms with E-state index in [4.69, 9.17) is 4.74 Å². The summed E-state index contributed by atoms with van der Waals surface area (Å²) in [7, 11) is 0. The number of hydrogen-bond donors (Lipinski definition) is 2. The molecule has 26 heavy (non-hydrogen) atoms. The lowest BCUT2D eigenvalue weighted by Crippen LogP contribution is -2.58. The highest BCUT2D eigenvalue weighted by Gasteiger charge is 2.45. The number of nitrogens with zero attached hydrogens (tertiary/aromatic N) is 1. The van der Waals surface area contributed by atoms with Gasteiger partial charge in [0.15, 0.2) is 5.54 Å². The summed E-state index contributed by atoms with van der Waals surface area (Å²) in [6.07, 6.45) is 1.61. The molecular formula is C19H24N2O5. The van der Waals surface area contributed by atoms with Crippen molar-refractivity contribution in [2.24, 2.45) is 5.92 Å². The third-order valence-corrected chi connectivity index (χ3v) is 5.17. The van der Waals surface area contributed by atoms with E-state index in [1.165, 1.54) is 0 Å². The summed E-state index contributed by atoms with van der Waals surface area (Å²) in [6.45, 7) is 3.15. The largest absolute Gasteiger partial charge is 0.479 e. The molecule has 2 N–H and O–H groups in total. The van der Waals surface area contributed by atoms with E-state index in [1.807, 2.05) is 19.1 Å². The van der Waals surface area contributed by atoms with Gasteiger partial charge in [0.25, 0.3) is 5.91 Å². The molecule has 2 heterocycles. The molecule has 7 nitrogen and oxygen atoms in total. The second-order valence-electron chi connectivity index (χ2n) is 7.14. The van der Waals surface area contributed by atoms with Gasteiger partial charge in [-0.3, -0.25) is 9.59 Å². The van der Waals surface area contributed by atoms with E-state index in [0.29, 0.717) is 38.1 Å². The van der Waals surface area contributed by atoms with Crippen molar-refractivity contribution in [2.45, 2.75) is 31.7 Å². The minimum Gasteiger partial charge on any atom is -0.479 e. The number of piperidine rings is 1. The van der Waals surface area contributed by atoms with Crippen LogP contribution in [0.5, 0.6) is 0 Å². The number of aliphatic carboxylic acids is 1. The van der Waals surface area contributed by atoms with E-state index >= 15 is 0 Å². The second kappa shape index (κ2) is 7.45. The first-order valence-electron chi connectivity index (χ1n) is 8.90. The van der Waals surface area contributed by atoms with Crippen molar-refractivity contribution in [3.8, 4) is 0 Å². The molecule has 2 atom stereocenters. The SMILES string of the molecule is Cc1ccc(C(=O)N2CCCC(C(=O)NC3(C(=O)O)CCOC3)C2)cc1. The highest BCUT2D eigenvalue weighted by atomic mass is 16.5. The minimum atomic E-state index is -1.35. The molecule has 2 unspecified atom stereocenters. The van der Waals surface area contributed by atoms with Crippen molar-refractivity contribution in [3.63, 3.8) is 0 Å². The van der Waals surface area contributed by atoms with Gasteiger partial charge < -0.3 is 20.1 Å². The van der Waals surface area contributed by atoms with Gasteiger partial charge in [0.2, 0.25) is 5.91 Å². The van der Waals surface area contributed by atoms with Gasteiger partial charge in [-0.1, -0.05) is 17.7 Å². The van der Waals surface area contributed by atoms with Gasteiger partial charge in [-0.15, -0.1) is 0 Å². The zero-order valence-corrected chi connectivity index (χ0v) is 14.9. The number of carbonyl (C=O) groups is 3. The first-order chi connectivity index (χ1) is 12.4. The number of aryl methyl sites for hydroxylation is 1. The smallest absolute Gasteiger partial charge is 0.331 e. The summed E-state index contributed by atoms with van der Waals surface area (Å²) in [5, 5.41) is 12.1. The second-order valence-corrected chi connectivity index (χ2v) is 7.14. The van der Waals surface area contributed by atoms with Crippen molar-refractivity contribution in [2.75, 3.05) is 26.3 Å². The summed E-state index contributed by atoms with van der Waals surface area (Å²) < 4.78 is 5.18. The Morgan fingerprint density at radius 3 is 2.62 bits per heavy atom. The molecule has 0 spiro atoms. The summed E-state index contributed by atoms with van der Waals surface area (Å²) in [5.74, 6) is -1.90. The van der Waals surface area contributed by atoms with Crippen molar-refractivity contribution >= 4 is 17.8 Å². The molecule has 1 aromatic carbocycles. The summed E-state index contributed by atoms with van der Waals surface area (Å²) in [4.78, 5) is 38.6. The Kier molecular flexibility index (Phi) is 5.27. The maximum atomic E-state index is 12.7. The van der Waals surface area contributed by atoms with E-state index in [2.05, 4.69) is 5.32 Å². The number of benzene rings is 1. The monoisotopic (exact) mass is 360 g/mol. The zero-order chi connectivity index (χ0) is 18.7. The van der Waals surface area contributed by atoms with Crippen LogP contribution >= 0.6 is 0 Å². The fraction of sp³-hybridized carbons (Fsp3) is 0.526. The van der Waals surface area contributed by atoms with E-state index in [-0.39, 0.29) is 24.8 Å². The molecule has 2 saturated heterocycles. The maximum Gasteiger partial charge on any atom is 0.331 e. The first kappa shape index (κ1) is 18.4. The quantitative estimate of drug-likeness (QED) is 0.841.